The van der Waals surface area contributed by atoms with Crippen molar-refractivity contribution in [1.82, 2.24) is 9.97 Å². The molecule has 2 aromatic heterocycles. The van der Waals surface area contributed by atoms with Crippen molar-refractivity contribution in [2.45, 2.75) is 9.79 Å². The van der Waals surface area contributed by atoms with Gasteiger partial charge < -0.3 is 10.2 Å². The molecular formula is C32H22N6O8S2. The molecule has 0 saturated heterocycles. The van der Waals surface area contributed by atoms with Gasteiger partial charge in [0.2, 0.25) is 0 Å². The highest BCUT2D eigenvalue weighted by Crippen LogP contribution is 2.40. The summed E-state index contributed by atoms with van der Waals surface area (Å²) < 4.78 is 66.9. The molecule has 0 radical (unpaired) electrons. The summed E-state index contributed by atoms with van der Waals surface area (Å²) in [5.74, 6) is -0.770. The number of rotatable bonds is 8. The van der Waals surface area contributed by atoms with E-state index in [1.165, 1.54) is 36.7 Å². The number of hydrogen-bond donors (Lipinski definition) is 4. The van der Waals surface area contributed by atoms with E-state index in [0.29, 0.717) is 11.4 Å². The summed E-state index contributed by atoms with van der Waals surface area (Å²) >= 11 is 0. The second-order valence-electron chi connectivity index (χ2n) is 10.2. The molecule has 0 aliphatic heterocycles. The molecule has 0 saturated carbocycles. The van der Waals surface area contributed by atoms with Gasteiger partial charge in [-0.05, 0) is 71.8 Å². The summed E-state index contributed by atoms with van der Waals surface area (Å²) in [6.07, 6.45) is 6.42. The maximum absolute atomic E-state index is 11.9. The lowest BCUT2D eigenvalue weighted by atomic mass is 10.1. The summed E-state index contributed by atoms with van der Waals surface area (Å²) in [4.78, 5) is 7.08. The number of benzene rings is 4. The third-order valence-electron chi connectivity index (χ3n) is 6.97. The average molecular weight is 683 g/mol. The Morgan fingerprint density at radius 1 is 0.542 bits per heavy atom. The smallest absolute Gasteiger partial charge is 0.295 e. The van der Waals surface area contributed by atoms with Gasteiger partial charge in [0.1, 0.15) is 32.2 Å². The topological polar surface area (TPSA) is 224 Å². The van der Waals surface area contributed by atoms with Gasteiger partial charge in [0, 0.05) is 23.2 Å². The van der Waals surface area contributed by atoms with Gasteiger partial charge in [0.05, 0.1) is 11.4 Å². The molecule has 14 nitrogen and oxygen atoms in total. The highest BCUT2D eigenvalue weighted by Gasteiger charge is 2.21. The van der Waals surface area contributed by atoms with Crippen LogP contribution < -0.4 is 0 Å². The number of nitrogens with zero attached hydrogens (tertiary/aromatic N) is 6. The van der Waals surface area contributed by atoms with Gasteiger partial charge in [-0.1, -0.05) is 36.4 Å². The van der Waals surface area contributed by atoms with E-state index in [9.17, 15) is 36.2 Å². The molecule has 0 fully saturated rings. The Bertz CT molecular complexity index is 2340. The third kappa shape index (κ3) is 6.76. The van der Waals surface area contributed by atoms with Crippen molar-refractivity contribution < 1.29 is 36.2 Å². The molecule has 6 rings (SSSR count). The highest BCUT2D eigenvalue weighted by molar-refractivity contribution is 7.86. The molecule has 4 N–H and O–H groups in total. The maximum atomic E-state index is 11.9. The normalized spacial score (nSPS) is 12.6. The first-order valence-electron chi connectivity index (χ1n) is 13.8. The summed E-state index contributed by atoms with van der Waals surface area (Å²) in [6, 6.07) is 21.5. The van der Waals surface area contributed by atoms with Crippen molar-refractivity contribution in [2.24, 2.45) is 20.5 Å². The van der Waals surface area contributed by atoms with E-state index in [0.717, 1.165) is 23.3 Å². The molecular weight excluding hydrogens is 661 g/mol. The molecule has 6 aromatic rings. The van der Waals surface area contributed by atoms with Crippen LogP contribution >= 0.6 is 0 Å². The molecule has 16 heteroatoms. The zero-order valence-corrected chi connectivity index (χ0v) is 25.9. The fourth-order valence-corrected chi connectivity index (χ4v) is 6.07. The second kappa shape index (κ2) is 12.7. The minimum Gasteiger partial charge on any atom is -0.504 e. The lowest BCUT2D eigenvalue weighted by molar-refractivity contribution is 0.476. The van der Waals surface area contributed by atoms with Gasteiger partial charge in [-0.3, -0.25) is 19.1 Å². The van der Waals surface area contributed by atoms with E-state index in [1.54, 1.807) is 48.5 Å². The Kier molecular flexibility index (Phi) is 8.46. The van der Waals surface area contributed by atoms with Gasteiger partial charge in [-0.15, -0.1) is 10.2 Å². The first-order chi connectivity index (χ1) is 22.9. The average Bonchev–Trinajstić information content (AvgIpc) is 3.07. The van der Waals surface area contributed by atoms with Gasteiger partial charge in [0.25, 0.3) is 20.2 Å². The SMILES string of the molecule is O=S(=O)(O)c1cc(N=Nc2ccc(/C=C/c3ccc(N=Nc4cc(S(=O)(=O)O)c5cccnc5c4O)cc3)cc2)c(O)c2ncccc12. The summed E-state index contributed by atoms with van der Waals surface area (Å²) in [5.41, 5.74) is 1.99. The molecule has 0 unspecified atom stereocenters. The zero-order valence-electron chi connectivity index (χ0n) is 24.3. The van der Waals surface area contributed by atoms with E-state index in [-0.39, 0.29) is 44.7 Å². The van der Waals surface area contributed by atoms with Crippen molar-refractivity contribution in [3.05, 3.63) is 108 Å². The van der Waals surface area contributed by atoms with Crippen LogP contribution in [0, 0.1) is 0 Å². The summed E-state index contributed by atoms with van der Waals surface area (Å²) in [5, 5.41) is 37.3. The standard InChI is InChI=1S/C32H22N6O8S2/c39-31-25(17-27(47(41,42)43)23-3-1-15-33-29(23)31)37-35-21-11-7-19(8-12-21)5-6-20-9-13-22(14-10-20)36-38-26-18-28(48(44,45)46)24-4-2-16-34-30(24)32(26)40/h1-18,39-40H,(H,41,42,43)(H,44,45,46)/b6-5+,37-35?,38-36?. The minimum absolute atomic E-state index is 0.0440. The van der Waals surface area contributed by atoms with Crippen LogP contribution in [0.2, 0.25) is 0 Å². The largest absolute Gasteiger partial charge is 0.504 e. The summed E-state index contributed by atoms with van der Waals surface area (Å²) in [6.45, 7) is 0. The predicted octanol–water partition coefficient (Wildman–Crippen LogP) is 7.69. The number of fused-ring (bicyclic) bond motifs is 2. The zero-order chi connectivity index (χ0) is 34.1. The van der Waals surface area contributed by atoms with E-state index < -0.39 is 30.0 Å². The fraction of sp³-hybridized carbons (Fsp3) is 0. The molecule has 0 spiro atoms. The van der Waals surface area contributed by atoms with Gasteiger partial charge in [0.15, 0.2) is 11.5 Å². The van der Waals surface area contributed by atoms with E-state index in [2.05, 4.69) is 30.4 Å². The Morgan fingerprint density at radius 2 is 0.917 bits per heavy atom. The molecule has 0 aliphatic carbocycles. The van der Waals surface area contributed by atoms with Crippen molar-refractivity contribution >= 4 is 76.9 Å². The van der Waals surface area contributed by atoms with Crippen molar-refractivity contribution in [3.8, 4) is 11.5 Å². The molecule has 0 amide bonds. The molecule has 0 atom stereocenters. The Morgan fingerprint density at radius 3 is 1.27 bits per heavy atom. The lowest BCUT2D eigenvalue weighted by Crippen LogP contribution is -1.99. The summed E-state index contributed by atoms with van der Waals surface area (Å²) in [7, 11) is -9.25. The molecule has 240 valence electrons. The predicted molar refractivity (Wildman–Crippen MR) is 177 cm³/mol. The second-order valence-corrected chi connectivity index (χ2v) is 12.9. The number of phenols is 2. The van der Waals surface area contributed by atoms with Crippen LogP contribution in [0.5, 0.6) is 11.5 Å². The molecule has 48 heavy (non-hydrogen) atoms. The first kappa shape index (κ1) is 32.0. The first-order valence-corrected chi connectivity index (χ1v) is 16.6. The number of azo groups is 2. The molecule has 0 bridgehead atoms. The quantitative estimate of drug-likeness (QED) is 0.0695. The van der Waals surface area contributed by atoms with E-state index >= 15 is 0 Å². The lowest BCUT2D eigenvalue weighted by Gasteiger charge is -2.07. The number of aromatic nitrogens is 2. The van der Waals surface area contributed by atoms with Crippen molar-refractivity contribution in [1.29, 1.82) is 0 Å². The van der Waals surface area contributed by atoms with Crippen LogP contribution in [-0.4, -0.2) is 46.1 Å². The number of aromatic hydroxyl groups is 2. The van der Waals surface area contributed by atoms with Gasteiger partial charge in [-0.2, -0.15) is 27.1 Å². The van der Waals surface area contributed by atoms with Crippen LogP contribution in [0.4, 0.5) is 22.7 Å². The van der Waals surface area contributed by atoms with E-state index in [1.807, 2.05) is 12.2 Å². The van der Waals surface area contributed by atoms with Crippen molar-refractivity contribution in [3.63, 3.8) is 0 Å². The Labute approximate surface area is 272 Å². The fourth-order valence-electron chi connectivity index (χ4n) is 4.67. The number of hydrogen-bond acceptors (Lipinski definition) is 12. The van der Waals surface area contributed by atoms with Crippen LogP contribution in [0.3, 0.4) is 0 Å². The monoisotopic (exact) mass is 682 g/mol. The Balaban J connectivity index is 1.16. The number of pyridine rings is 2. The highest BCUT2D eigenvalue weighted by atomic mass is 32.2. The molecule has 4 aromatic carbocycles. The van der Waals surface area contributed by atoms with E-state index in [4.69, 9.17) is 0 Å². The van der Waals surface area contributed by atoms with Gasteiger partial charge >= 0.3 is 0 Å². The van der Waals surface area contributed by atoms with Crippen LogP contribution in [0.15, 0.2) is 128 Å². The number of phenolic OH excluding ortho intramolecular Hbond substituents is 2. The maximum Gasteiger partial charge on any atom is 0.295 e. The van der Waals surface area contributed by atoms with Crippen LogP contribution in [-0.2, 0) is 20.2 Å². The Hall–Kier alpha value is -5.94. The molecule has 2 heterocycles. The van der Waals surface area contributed by atoms with Crippen molar-refractivity contribution in [2.75, 3.05) is 0 Å². The van der Waals surface area contributed by atoms with Crippen LogP contribution in [0.25, 0.3) is 34.0 Å². The minimum atomic E-state index is -4.63. The van der Waals surface area contributed by atoms with Gasteiger partial charge in [-0.25, -0.2) is 0 Å². The molecule has 0 aliphatic rings. The third-order valence-corrected chi connectivity index (χ3v) is 8.76. The van der Waals surface area contributed by atoms with Crippen LogP contribution in [0.1, 0.15) is 11.1 Å².